The molecule has 3 N–H and O–H groups in total. The molecule has 1 saturated heterocycles. The number of fused-ring (bicyclic) bond motifs is 1. The third kappa shape index (κ3) is 5.20. The lowest BCUT2D eigenvalue weighted by molar-refractivity contribution is 0.0998. The Morgan fingerprint density at radius 3 is 2.84 bits per heavy atom. The van der Waals surface area contributed by atoms with Gasteiger partial charge in [-0.25, -0.2) is 9.78 Å². The highest BCUT2D eigenvalue weighted by Gasteiger charge is 2.28. The maximum atomic E-state index is 12.3. The summed E-state index contributed by atoms with van der Waals surface area (Å²) in [6.45, 7) is 4.09. The van der Waals surface area contributed by atoms with E-state index in [0.717, 1.165) is 40.3 Å². The molecule has 1 fully saturated rings. The van der Waals surface area contributed by atoms with Crippen molar-refractivity contribution >= 4 is 40.6 Å². The third-order valence-corrected chi connectivity index (χ3v) is 8.39. The molecule has 0 saturated carbocycles. The van der Waals surface area contributed by atoms with Crippen LogP contribution in [0, 0.1) is 0 Å². The van der Waals surface area contributed by atoms with E-state index in [-0.39, 0.29) is 12.1 Å². The quantitative estimate of drug-likeness (QED) is 0.312. The van der Waals surface area contributed by atoms with Gasteiger partial charge in [0.2, 0.25) is 0 Å². The number of primary amides is 1. The molecule has 0 unspecified atom stereocenters. The molecule has 2 amide bonds. The molecule has 9 nitrogen and oxygen atoms in total. The standard InChI is InChI=1S/C27H28ClN5O4S/c1-16(19-5-3-4-6-20(19)28)37-22-11-23(38-25(22)26(29)34)21-12-30-24-8-7-17(14-33(21)24)13-32-10-9-18(15-32)31(2)27(35)36/h3-8,11-12,14,16,18H,9-10,13,15H2,1-2H3,(H2,29,34)(H,35,36)/t16-,18-/m1/s1. The SMILES string of the molecule is C[C@@H](Oc1cc(-c2cnc3ccc(CN4CC[C@@H](N(C)C(=O)O)C4)cn23)sc1C(N)=O)c1ccccc1Cl. The summed E-state index contributed by atoms with van der Waals surface area (Å²) in [6, 6.07) is 13.2. The number of ether oxygens (including phenoxy) is 1. The number of nitrogens with two attached hydrogens (primary N) is 1. The number of amides is 2. The first-order valence-corrected chi connectivity index (χ1v) is 13.4. The van der Waals surface area contributed by atoms with E-state index in [1.54, 1.807) is 19.3 Å². The molecule has 1 aromatic carbocycles. The second-order valence-corrected chi connectivity index (χ2v) is 10.9. The van der Waals surface area contributed by atoms with Crippen molar-refractivity contribution in [3.05, 3.63) is 75.9 Å². The van der Waals surface area contributed by atoms with Crippen LogP contribution in [0.2, 0.25) is 5.02 Å². The predicted molar refractivity (Wildman–Crippen MR) is 147 cm³/mol. The molecule has 3 aromatic heterocycles. The first kappa shape index (κ1) is 26.0. The molecule has 0 aliphatic carbocycles. The Hall–Kier alpha value is -3.60. The van der Waals surface area contributed by atoms with Gasteiger partial charge in [0.1, 0.15) is 22.4 Å². The number of carboxylic acid groups (broad SMARTS) is 1. The molecular weight excluding hydrogens is 526 g/mol. The third-order valence-electron chi connectivity index (χ3n) is 6.89. The molecule has 198 valence electrons. The zero-order valence-corrected chi connectivity index (χ0v) is 22.6. The van der Waals surface area contributed by atoms with E-state index >= 15 is 0 Å². The smallest absolute Gasteiger partial charge is 0.407 e. The minimum atomic E-state index is -0.905. The first-order chi connectivity index (χ1) is 18.2. The largest absolute Gasteiger partial charge is 0.484 e. The van der Waals surface area contributed by atoms with Crippen LogP contribution >= 0.6 is 22.9 Å². The van der Waals surface area contributed by atoms with Crippen LogP contribution in [0.5, 0.6) is 5.75 Å². The summed E-state index contributed by atoms with van der Waals surface area (Å²) in [7, 11) is 1.62. The van der Waals surface area contributed by atoms with Crippen LogP contribution in [0.3, 0.4) is 0 Å². The van der Waals surface area contributed by atoms with Gasteiger partial charge in [-0.05, 0) is 31.0 Å². The summed E-state index contributed by atoms with van der Waals surface area (Å²) < 4.78 is 8.16. The summed E-state index contributed by atoms with van der Waals surface area (Å²) in [6.07, 6.45) is 3.31. The average Bonchev–Trinajstić information content (AvgIpc) is 3.62. The predicted octanol–water partition coefficient (Wildman–Crippen LogP) is 5.14. The summed E-state index contributed by atoms with van der Waals surface area (Å²) >= 11 is 7.60. The van der Waals surface area contributed by atoms with Gasteiger partial charge in [0.15, 0.2) is 0 Å². The molecule has 11 heteroatoms. The number of aromatic nitrogens is 2. The monoisotopic (exact) mass is 553 g/mol. The molecular formula is C27H28ClN5O4S. The molecule has 2 atom stereocenters. The molecule has 0 spiro atoms. The van der Waals surface area contributed by atoms with Crippen LogP contribution in [0.25, 0.3) is 16.2 Å². The Bertz CT molecular complexity index is 1500. The van der Waals surface area contributed by atoms with Gasteiger partial charge in [-0.1, -0.05) is 35.9 Å². The molecule has 38 heavy (non-hydrogen) atoms. The van der Waals surface area contributed by atoms with Gasteiger partial charge >= 0.3 is 6.09 Å². The van der Waals surface area contributed by atoms with E-state index in [9.17, 15) is 14.7 Å². The van der Waals surface area contributed by atoms with Gasteiger partial charge in [-0.3, -0.25) is 14.1 Å². The number of rotatable bonds is 8. The Balaban J connectivity index is 1.40. The number of nitrogens with zero attached hydrogens (tertiary/aromatic N) is 4. The van der Waals surface area contributed by atoms with Crippen LogP contribution in [0.15, 0.2) is 54.9 Å². The zero-order chi connectivity index (χ0) is 27.0. The van der Waals surface area contributed by atoms with E-state index in [1.807, 2.05) is 53.9 Å². The summed E-state index contributed by atoms with van der Waals surface area (Å²) in [5.74, 6) is -0.159. The van der Waals surface area contributed by atoms with Crippen LogP contribution in [-0.4, -0.2) is 62.5 Å². The summed E-state index contributed by atoms with van der Waals surface area (Å²) in [4.78, 5) is 32.9. The molecule has 4 heterocycles. The Morgan fingerprint density at radius 2 is 2.11 bits per heavy atom. The van der Waals surface area contributed by atoms with E-state index in [4.69, 9.17) is 22.1 Å². The summed E-state index contributed by atoms with van der Waals surface area (Å²) in [5, 5.41) is 9.87. The second-order valence-electron chi connectivity index (χ2n) is 9.43. The van der Waals surface area contributed by atoms with Crippen molar-refractivity contribution in [1.82, 2.24) is 19.2 Å². The fraction of sp³-hybridized carbons (Fsp3) is 0.296. The number of halogens is 1. The van der Waals surface area contributed by atoms with Gasteiger partial charge in [0.25, 0.3) is 5.91 Å². The van der Waals surface area contributed by atoms with Crippen LogP contribution in [0.4, 0.5) is 4.79 Å². The fourth-order valence-corrected chi connectivity index (χ4v) is 6.04. The van der Waals surface area contributed by atoms with E-state index in [0.29, 0.717) is 28.7 Å². The molecule has 0 radical (unpaired) electrons. The number of likely N-dealkylation sites (tertiary alicyclic amines) is 1. The average molecular weight is 554 g/mol. The normalized spacial score (nSPS) is 16.6. The maximum absolute atomic E-state index is 12.3. The van der Waals surface area contributed by atoms with E-state index in [1.165, 1.54) is 16.2 Å². The van der Waals surface area contributed by atoms with Gasteiger partial charge in [0.05, 0.1) is 16.8 Å². The number of likely N-dealkylation sites (N-methyl/N-ethyl adjacent to an activating group) is 1. The topological polar surface area (TPSA) is 113 Å². The van der Waals surface area contributed by atoms with Crippen molar-refractivity contribution in [2.45, 2.75) is 32.0 Å². The van der Waals surface area contributed by atoms with Crippen molar-refractivity contribution in [3.8, 4) is 16.3 Å². The number of benzene rings is 1. The highest BCUT2D eigenvalue weighted by Crippen LogP contribution is 2.39. The van der Waals surface area contributed by atoms with Gasteiger partial charge < -0.3 is 20.5 Å². The van der Waals surface area contributed by atoms with Crippen molar-refractivity contribution < 1.29 is 19.4 Å². The van der Waals surface area contributed by atoms with Crippen molar-refractivity contribution in [2.24, 2.45) is 5.73 Å². The Labute approximate surface area is 229 Å². The minimum absolute atomic E-state index is 0.00930. The minimum Gasteiger partial charge on any atom is -0.484 e. The number of hydrogen-bond donors (Lipinski definition) is 2. The maximum Gasteiger partial charge on any atom is 0.407 e. The lowest BCUT2D eigenvalue weighted by Crippen LogP contribution is -2.37. The lowest BCUT2D eigenvalue weighted by Gasteiger charge is -2.22. The number of pyridine rings is 1. The molecule has 1 aliphatic heterocycles. The van der Waals surface area contributed by atoms with Crippen LogP contribution in [-0.2, 0) is 6.54 Å². The molecule has 1 aliphatic rings. The summed E-state index contributed by atoms with van der Waals surface area (Å²) in [5.41, 5.74) is 9.18. The van der Waals surface area contributed by atoms with Crippen LogP contribution < -0.4 is 10.5 Å². The van der Waals surface area contributed by atoms with E-state index < -0.39 is 12.0 Å². The number of thiophene rings is 1. The highest BCUT2D eigenvalue weighted by molar-refractivity contribution is 7.17. The van der Waals surface area contributed by atoms with Crippen molar-refractivity contribution in [2.75, 3.05) is 20.1 Å². The Kier molecular flexibility index (Phi) is 7.29. The van der Waals surface area contributed by atoms with Gasteiger partial charge in [-0.15, -0.1) is 11.3 Å². The second kappa shape index (κ2) is 10.6. The van der Waals surface area contributed by atoms with Crippen molar-refractivity contribution in [1.29, 1.82) is 0 Å². The number of imidazole rings is 1. The zero-order valence-electron chi connectivity index (χ0n) is 21.0. The molecule has 0 bridgehead atoms. The van der Waals surface area contributed by atoms with Gasteiger partial charge in [-0.2, -0.15) is 0 Å². The number of hydrogen-bond acceptors (Lipinski definition) is 6. The highest BCUT2D eigenvalue weighted by atomic mass is 35.5. The first-order valence-electron chi connectivity index (χ1n) is 12.2. The van der Waals surface area contributed by atoms with Crippen molar-refractivity contribution in [3.63, 3.8) is 0 Å². The van der Waals surface area contributed by atoms with E-state index in [2.05, 4.69) is 9.88 Å². The molecule has 5 rings (SSSR count). The van der Waals surface area contributed by atoms with Crippen LogP contribution in [0.1, 0.15) is 40.2 Å². The molecule has 4 aromatic rings. The Morgan fingerprint density at radius 1 is 1.32 bits per heavy atom. The van der Waals surface area contributed by atoms with Gasteiger partial charge in [0, 0.05) is 55.6 Å². The lowest BCUT2D eigenvalue weighted by atomic mass is 10.1. The number of carbonyl (C=O) groups excluding carboxylic acids is 1. The number of carbonyl (C=O) groups is 2. The fourth-order valence-electron chi connectivity index (χ4n) is 4.81.